The quantitative estimate of drug-likeness (QED) is 0.621. The molecule has 2 rings (SSSR count). The van der Waals surface area contributed by atoms with Crippen LogP contribution in [0.15, 0.2) is 36.4 Å². The zero-order valence-corrected chi connectivity index (χ0v) is 13.6. The van der Waals surface area contributed by atoms with Gasteiger partial charge in [0, 0.05) is 33.0 Å². The predicted octanol–water partition coefficient (Wildman–Crippen LogP) is 4.26. The lowest BCUT2D eigenvalue weighted by Gasteiger charge is -2.10. The molecule has 2 N–H and O–H groups in total. The molecule has 0 fully saturated rings. The number of amides is 1. The minimum absolute atomic E-state index is 0.00275. The highest BCUT2D eigenvalue weighted by molar-refractivity contribution is 6.35. The first-order valence-corrected chi connectivity index (χ1v) is 7.36. The Hall–Kier alpha value is -2.31. The van der Waals surface area contributed by atoms with E-state index in [0.29, 0.717) is 27.0 Å². The highest BCUT2D eigenvalue weighted by Gasteiger charge is 2.13. The molecule has 0 radical (unpaired) electrons. The number of rotatable bonds is 5. The SMILES string of the molecule is Cc1c(NCC(=O)Nc2cc(Cl)cc(Cl)c2)cccc1[N+](=O)[O-]. The minimum Gasteiger partial charge on any atom is -0.376 e. The molecule has 0 heterocycles. The van der Waals surface area contributed by atoms with E-state index < -0.39 is 4.92 Å². The maximum atomic E-state index is 11.9. The maximum absolute atomic E-state index is 11.9. The summed E-state index contributed by atoms with van der Waals surface area (Å²) in [5, 5.41) is 17.2. The van der Waals surface area contributed by atoms with Crippen LogP contribution in [-0.4, -0.2) is 17.4 Å². The van der Waals surface area contributed by atoms with Crippen molar-refractivity contribution < 1.29 is 9.72 Å². The average molecular weight is 354 g/mol. The Bertz CT molecular complexity index is 745. The Kier molecular flexibility index (Phi) is 5.41. The second kappa shape index (κ2) is 7.30. The molecule has 23 heavy (non-hydrogen) atoms. The van der Waals surface area contributed by atoms with Crippen LogP contribution in [0.2, 0.25) is 10.0 Å². The van der Waals surface area contributed by atoms with Gasteiger partial charge in [-0.05, 0) is 31.2 Å². The van der Waals surface area contributed by atoms with Crippen LogP contribution in [0.25, 0.3) is 0 Å². The summed E-state index contributed by atoms with van der Waals surface area (Å²) in [6, 6.07) is 9.35. The van der Waals surface area contributed by atoms with Gasteiger partial charge in [-0.3, -0.25) is 14.9 Å². The molecule has 0 unspecified atom stereocenters. The zero-order chi connectivity index (χ0) is 17.0. The fourth-order valence-electron chi connectivity index (χ4n) is 2.02. The Morgan fingerprint density at radius 3 is 2.48 bits per heavy atom. The van der Waals surface area contributed by atoms with Crippen LogP contribution in [0.4, 0.5) is 17.1 Å². The maximum Gasteiger partial charge on any atom is 0.274 e. The standard InChI is InChI=1S/C15H13Cl2N3O3/c1-9-13(3-2-4-14(9)20(22)23)18-8-15(21)19-12-6-10(16)5-11(17)7-12/h2-7,18H,8H2,1H3,(H,19,21). The van der Waals surface area contributed by atoms with Crippen LogP contribution >= 0.6 is 23.2 Å². The van der Waals surface area contributed by atoms with Crippen molar-refractivity contribution in [3.05, 3.63) is 62.1 Å². The molecule has 0 atom stereocenters. The summed E-state index contributed by atoms with van der Waals surface area (Å²) in [4.78, 5) is 22.4. The zero-order valence-electron chi connectivity index (χ0n) is 12.1. The van der Waals surface area contributed by atoms with Gasteiger partial charge in [0.1, 0.15) is 0 Å². The Morgan fingerprint density at radius 2 is 1.87 bits per heavy atom. The van der Waals surface area contributed by atoms with Crippen molar-refractivity contribution >= 4 is 46.2 Å². The third kappa shape index (κ3) is 4.58. The van der Waals surface area contributed by atoms with Gasteiger partial charge in [-0.1, -0.05) is 29.3 Å². The van der Waals surface area contributed by atoms with E-state index in [1.807, 2.05) is 0 Å². The number of nitro benzene ring substituents is 1. The molecule has 0 spiro atoms. The Labute approximate surface area is 142 Å². The number of anilines is 2. The van der Waals surface area contributed by atoms with Gasteiger partial charge < -0.3 is 10.6 Å². The lowest BCUT2D eigenvalue weighted by molar-refractivity contribution is -0.385. The number of benzene rings is 2. The molecule has 0 aromatic heterocycles. The fourth-order valence-corrected chi connectivity index (χ4v) is 2.55. The van der Waals surface area contributed by atoms with Gasteiger partial charge in [0.25, 0.3) is 5.69 Å². The van der Waals surface area contributed by atoms with Gasteiger partial charge in [-0.15, -0.1) is 0 Å². The molecule has 6 nitrogen and oxygen atoms in total. The van der Waals surface area contributed by atoms with E-state index in [0.717, 1.165) is 0 Å². The van der Waals surface area contributed by atoms with Crippen molar-refractivity contribution in [2.24, 2.45) is 0 Å². The third-order valence-corrected chi connectivity index (χ3v) is 3.52. The van der Waals surface area contributed by atoms with Crippen molar-refractivity contribution in [2.75, 3.05) is 17.2 Å². The second-order valence-electron chi connectivity index (χ2n) is 4.77. The molecule has 1 amide bonds. The number of hydrogen-bond acceptors (Lipinski definition) is 4. The van der Waals surface area contributed by atoms with Crippen molar-refractivity contribution in [1.82, 2.24) is 0 Å². The first kappa shape index (κ1) is 17.1. The molecular formula is C15H13Cl2N3O3. The van der Waals surface area contributed by atoms with Crippen molar-refractivity contribution in [3.63, 3.8) is 0 Å². The van der Waals surface area contributed by atoms with E-state index in [2.05, 4.69) is 10.6 Å². The molecule has 0 aliphatic rings. The minimum atomic E-state index is -0.464. The highest BCUT2D eigenvalue weighted by atomic mass is 35.5. The molecule has 120 valence electrons. The molecule has 8 heteroatoms. The summed E-state index contributed by atoms with van der Waals surface area (Å²) in [6.07, 6.45) is 0. The highest BCUT2D eigenvalue weighted by Crippen LogP contribution is 2.25. The summed E-state index contributed by atoms with van der Waals surface area (Å²) in [6.45, 7) is 1.57. The topological polar surface area (TPSA) is 84.3 Å². The molecule has 0 aliphatic heterocycles. The molecule has 0 bridgehead atoms. The van der Waals surface area contributed by atoms with E-state index in [1.165, 1.54) is 6.07 Å². The van der Waals surface area contributed by atoms with Crippen LogP contribution in [-0.2, 0) is 4.79 Å². The number of hydrogen-bond donors (Lipinski definition) is 2. The van der Waals surface area contributed by atoms with Crippen LogP contribution in [0.3, 0.4) is 0 Å². The molecular weight excluding hydrogens is 341 g/mol. The van der Waals surface area contributed by atoms with Gasteiger partial charge in [-0.25, -0.2) is 0 Å². The second-order valence-corrected chi connectivity index (χ2v) is 5.64. The number of nitrogens with zero attached hydrogens (tertiary/aromatic N) is 1. The Balaban J connectivity index is 2.02. The molecule has 2 aromatic carbocycles. The lowest BCUT2D eigenvalue weighted by Crippen LogP contribution is -2.22. The lowest BCUT2D eigenvalue weighted by atomic mass is 10.1. The van der Waals surface area contributed by atoms with Crippen LogP contribution in [0, 0.1) is 17.0 Å². The monoisotopic (exact) mass is 353 g/mol. The number of nitrogens with one attached hydrogen (secondary N) is 2. The van der Waals surface area contributed by atoms with Crippen molar-refractivity contribution in [3.8, 4) is 0 Å². The summed E-state index contributed by atoms with van der Waals surface area (Å²) < 4.78 is 0. The third-order valence-electron chi connectivity index (χ3n) is 3.09. The predicted molar refractivity (Wildman–Crippen MR) is 91.4 cm³/mol. The normalized spacial score (nSPS) is 10.2. The Morgan fingerprint density at radius 1 is 1.22 bits per heavy atom. The number of halogens is 2. The summed E-state index contributed by atoms with van der Waals surface area (Å²) >= 11 is 11.7. The van der Waals surface area contributed by atoms with Crippen molar-refractivity contribution in [1.29, 1.82) is 0 Å². The van der Waals surface area contributed by atoms with E-state index >= 15 is 0 Å². The van der Waals surface area contributed by atoms with E-state index in [9.17, 15) is 14.9 Å². The van der Waals surface area contributed by atoms with Gasteiger partial charge in [-0.2, -0.15) is 0 Å². The molecule has 0 saturated carbocycles. The molecule has 0 saturated heterocycles. The van der Waals surface area contributed by atoms with Gasteiger partial charge in [0.15, 0.2) is 0 Å². The first-order valence-electron chi connectivity index (χ1n) is 6.60. The summed E-state index contributed by atoms with van der Waals surface area (Å²) in [5.41, 5.74) is 1.47. The largest absolute Gasteiger partial charge is 0.376 e. The first-order chi connectivity index (χ1) is 10.9. The number of carbonyl (C=O) groups is 1. The van der Waals surface area contributed by atoms with E-state index in [1.54, 1.807) is 37.3 Å². The van der Waals surface area contributed by atoms with Crippen LogP contribution in [0.5, 0.6) is 0 Å². The van der Waals surface area contributed by atoms with Crippen molar-refractivity contribution in [2.45, 2.75) is 6.92 Å². The summed E-state index contributed by atoms with van der Waals surface area (Å²) in [5.74, 6) is -0.325. The number of carbonyl (C=O) groups excluding carboxylic acids is 1. The van der Waals surface area contributed by atoms with Gasteiger partial charge in [0.2, 0.25) is 5.91 Å². The van der Waals surface area contributed by atoms with Crippen LogP contribution < -0.4 is 10.6 Å². The smallest absolute Gasteiger partial charge is 0.274 e. The summed E-state index contributed by atoms with van der Waals surface area (Å²) in [7, 11) is 0. The van der Waals surface area contributed by atoms with E-state index in [4.69, 9.17) is 23.2 Å². The van der Waals surface area contributed by atoms with Gasteiger partial charge >= 0.3 is 0 Å². The number of nitro groups is 1. The molecule has 0 aliphatic carbocycles. The van der Waals surface area contributed by atoms with E-state index in [-0.39, 0.29) is 18.1 Å². The average Bonchev–Trinajstić information content (AvgIpc) is 2.44. The van der Waals surface area contributed by atoms with Gasteiger partial charge in [0.05, 0.1) is 11.5 Å². The molecule has 2 aromatic rings. The van der Waals surface area contributed by atoms with Crippen LogP contribution in [0.1, 0.15) is 5.56 Å². The fraction of sp³-hybridized carbons (Fsp3) is 0.133.